The summed E-state index contributed by atoms with van der Waals surface area (Å²) in [5, 5.41) is 7.05. The molecule has 158 valence electrons. The molecule has 6 nitrogen and oxygen atoms in total. The number of anilines is 1. The highest BCUT2D eigenvalue weighted by Gasteiger charge is 2.18. The van der Waals surface area contributed by atoms with E-state index in [-0.39, 0.29) is 11.8 Å². The number of hydrogen-bond acceptors (Lipinski definition) is 5. The third-order valence-electron chi connectivity index (χ3n) is 5.04. The zero-order chi connectivity index (χ0) is 21.8. The molecule has 2 aromatic heterocycles. The fourth-order valence-corrected chi connectivity index (χ4v) is 3.30. The smallest absolute Gasteiger partial charge is 0.260 e. The minimum absolute atomic E-state index is 0.100. The molecule has 0 bridgehead atoms. The van der Waals surface area contributed by atoms with Crippen molar-refractivity contribution in [2.24, 2.45) is 0 Å². The summed E-state index contributed by atoms with van der Waals surface area (Å²) in [5.74, 6) is 2.68. The van der Waals surface area contributed by atoms with Gasteiger partial charge in [-0.2, -0.15) is 4.98 Å². The maximum absolute atomic E-state index is 12.7. The lowest BCUT2D eigenvalue weighted by Crippen LogP contribution is -2.14. The number of furan rings is 1. The Balaban J connectivity index is 1.45. The van der Waals surface area contributed by atoms with Gasteiger partial charge >= 0.3 is 0 Å². The van der Waals surface area contributed by atoms with E-state index in [1.807, 2.05) is 81.4 Å². The van der Waals surface area contributed by atoms with E-state index in [0.717, 1.165) is 28.2 Å². The molecule has 2 heterocycles. The molecule has 4 aromatic rings. The van der Waals surface area contributed by atoms with E-state index >= 15 is 0 Å². The van der Waals surface area contributed by atoms with Gasteiger partial charge in [-0.1, -0.05) is 61.5 Å². The molecular weight excluding hydrogens is 390 g/mol. The first-order valence-electron chi connectivity index (χ1n) is 10.4. The minimum Gasteiger partial charge on any atom is -0.461 e. The van der Waals surface area contributed by atoms with Gasteiger partial charge in [0.1, 0.15) is 11.5 Å². The standard InChI is InChI=1S/C25H25N3O3/c1-16(2)24-27-25(31-28-24)20-11-7-8-17(3)23(20)26-22(29)15-13-19-12-14-21(30-19)18-9-5-4-6-10-18/h4-12,14,16H,13,15H2,1-3H3,(H,26,29). The number of hydrogen-bond donors (Lipinski definition) is 1. The van der Waals surface area contributed by atoms with Gasteiger partial charge in [0.2, 0.25) is 5.91 Å². The maximum Gasteiger partial charge on any atom is 0.260 e. The molecule has 0 aliphatic carbocycles. The first kappa shape index (κ1) is 20.6. The molecule has 6 heteroatoms. The number of carbonyl (C=O) groups is 1. The first-order valence-corrected chi connectivity index (χ1v) is 10.4. The van der Waals surface area contributed by atoms with Crippen molar-refractivity contribution in [3.8, 4) is 22.8 Å². The number of carbonyl (C=O) groups excluding carboxylic acids is 1. The Bertz CT molecular complexity index is 1180. The van der Waals surface area contributed by atoms with Crippen molar-refractivity contribution in [2.75, 3.05) is 5.32 Å². The van der Waals surface area contributed by atoms with Crippen LogP contribution in [0.25, 0.3) is 22.8 Å². The number of aryl methyl sites for hydroxylation is 2. The van der Waals surface area contributed by atoms with Crippen LogP contribution >= 0.6 is 0 Å². The summed E-state index contributed by atoms with van der Waals surface area (Å²) in [6.07, 6.45) is 0.814. The fraction of sp³-hybridized carbons (Fsp3) is 0.240. The lowest BCUT2D eigenvalue weighted by molar-refractivity contribution is -0.116. The third kappa shape index (κ3) is 4.74. The van der Waals surface area contributed by atoms with Crippen molar-refractivity contribution < 1.29 is 13.7 Å². The average molecular weight is 415 g/mol. The number of rotatable bonds is 7. The van der Waals surface area contributed by atoms with E-state index in [1.54, 1.807) is 0 Å². The van der Waals surface area contributed by atoms with Crippen molar-refractivity contribution in [3.05, 3.63) is 77.8 Å². The Morgan fingerprint density at radius 2 is 1.84 bits per heavy atom. The van der Waals surface area contributed by atoms with Crippen molar-refractivity contribution in [3.63, 3.8) is 0 Å². The van der Waals surface area contributed by atoms with Crippen LogP contribution < -0.4 is 5.32 Å². The zero-order valence-electron chi connectivity index (χ0n) is 17.9. The summed E-state index contributed by atoms with van der Waals surface area (Å²) in [6, 6.07) is 19.5. The molecule has 0 aliphatic rings. The molecule has 1 N–H and O–H groups in total. The summed E-state index contributed by atoms with van der Waals surface area (Å²) < 4.78 is 11.3. The van der Waals surface area contributed by atoms with E-state index in [0.29, 0.717) is 30.2 Å². The van der Waals surface area contributed by atoms with E-state index in [2.05, 4.69) is 15.5 Å². The van der Waals surface area contributed by atoms with Crippen molar-refractivity contribution in [1.29, 1.82) is 0 Å². The molecule has 1 amide bonds. The first-order chi connectivity index (χ1) is 15.0. The molecule has 4 rings (SSSR count). The highest BCUT2D eigenvalue weighted by Crippen LogP contribution is 2.31. The van der Waals surface area contributed by atoms with Crippen LogP contribution in [0.4, 0.5) is 5.69 Å². The van der Waals surface area contributed by atoms with E-state index < -0.39 is 0 Å². The molecule has 31 heavy (non-hydrogen) atoms. The highest BCUT2D eigenvalue weighted by molar-refractivity contribution is 5.95. The van der Waals surface area contributed by atoms with Crippen LogP contribution in [0.3, 0.4) is 0 Å². The Hall–Kier alpha value is -3.67. The zero-order valence-corrected chi connectivity index (χ0v) is 17.9. The van der Waals surface area contributed by atoms with Crippen molar-refractivity contribution in [1.82, 2.24) is 10.1 Å². The molecule has 0 fully saturated rings. The van der Waals surface area contributed by atoms with Gasteiger partial charge in [0, 0.05) is 24.3 Å². The molecule has 0 saturated heterocycles. The van der Waals surface area contributed by atoms with E-state index in [4.69, 9.17) is 8.94 Å². The van der Waals surface area contributed by atoms with Gasteiger partial charge in [-0.15, -0.1) is 0 Å². The number of para-hydroxylation sites is 1. The second kappa shape index (κ2) is 9.00. The predicted octanol–water partition coefficient (Wildman–Crippen LogP) is 6.00. The summed E-state index contributed by atoms with van der Waals surface area (Å²) in [4.78, 5) is 17.2. The van der Waals surface area contributed by atoms with E-state index in [9.17, 15) is 4.79 Å². The maximum atomic E-state index is 12.7. The van der Waals surface area contributed by atoms with Crippen LogP contribution in [0, 0.1) is 6.92 Å². The Labute approximate surface area is 181 Å². The Morgan fingerprint density at radius 1 is 1.03 bits per heavy atom. The summed E-state index contributed by atoms with van der Waals surface area (Å²) >= 11 is 0. The fourth-order valence-electron chi connectivity index (χ4n) is 3.30. The number of amides is 1. The molecule has 0 atom stereocenters. The number of nitrogens with one attached hydrogen (secondary N) is 1. The summed E-state index contributed by atoms with van der Waals surface area (Å²) in [7, 11) is 0. The Kier molecular flexibility index (Phi) is 5.98. The van der Waals surface area contributed by atoms with Gasteiger partial charge in [0.25, 0.3) is 5.89 Å². The Morgan fingerprint density at radius 3 is 2.58 bits per heavy atom. The molecule has 0 spiro atoms. The van der Waals surface area contributed by atoms with Crippen LogP contribution in [-0.2, 0) is 11.2 Å². The summed E-state index contributed by atoms with van der Waals surface area (Å²) in [6.45, 7) is 5.95. The number of aromatic nitrogens is 2. The second-order valence-electron chi connectivity index (χ2n) is 7.79. The summed E-state index contributed by atoms with van der Waals surface area (Å²) in [5.41, 5.74) is 3.36. The van der Waals surface area contributed by atoms with Gasteiger partial charge in [-0.3, -0.25) is 4.79 Å². The molecule has 0 saturated carbocycles. The predicted molar refractivity (Wildman–Crippen MR) is 120 cm³/mol. The highest BCUT2D eigenvalue weighted by atomic mass is 16.5. The monoisotopic (exact) mass is 415 g/mol. The number of benzene rings is 2. The number of nitrogens with zero attached hydrogens (tertiary/aromatic N) is 2. The van der Waals surface area contributed by atoms with Crippen LogP contribution in [0.2, 0.25) is 0 Å². The molecule has 0 unspecified atom stereocenters. The molecule has 0 radical (unpaired) electrons. The lowest BCUT2D eigenvalue weighted by atomic mass is 10.1. The van der Waals surface area contributed by atoms with Gasteiger partial charge in [0.05, 0.1) is 11.3 Å². The molecular formula is C25H25N3O3. The normalized spacial score (nSPS) is 11.1. The van der Waals surface area contributed by atoms with Crippen LogP contribution in [-0.4, -0.2) is 16.0 Å². The van der Waals surface area contributed by atoms with Gasteiger partial charge < -0.3 is 14.3 Å². The van der Waals surface area contributed by atoms with Crippen LogP contribution in [0.15, 0.2) is 69.6 Å². The minimum atomic E-state index is -0.100. The van der Waals surface area contributed by atoms with E-state index in [1.165, 1.54) is 0 Å². The van der Waals surface area contributed by atoms with Crippen LogP contribution in [0.5, 0.6) is 0 Å². The SMILES string of the molecule is Cc1cccc(-c2nc(C(C)C)no2)c1NC(=O)CCc1ccc(-c2ccccc2)o1. The van der Waals surface area contributed by atoms with Gasteiger partial charge in [0.15, 0.2) is 5.82 Å². The second-order valence-corrected chi connectivity index (χ2v) is 7.79. The van der Waals surface area contributed by atoms with Gasteiger partial charge in [-0.25, -0.2) is 0 Å². The largest absolute Gasteiger partial charge is 0.461 e. The topological polar surface area (TPSA) is 81.2 Å². The molecule has 2 aromatic carbocycles. The van der Waals surface area contributed by atoms with Crippen LogP contribution in [0.1, 0.15) is 43.3 Å². The average Bonchev–Trinajstić information content (AvgIpc) is 3.44. The van der Waals surface area contributed by atoms with Crippen molar-refractivity contribution in [2.45, 2.75) is 39.5 Å². The van der Waals surface area contributed by atoms with Gasteiger partial charge in [-0.05, 0) is 30.7 Å². The quantitative estimate of drug-likeness (QED) is 0.400. The molecule has 0 aliphatic heterocycles. The lowest BCUT2D eigenvalue weighted by Gasteiger charge is -2.11. The van der Waals surface area contributed by atoms with Crippen molar-refractivity contribution >= 4 is 11.6 Å². The third-order valence-corrected chi connectivity index (χ3v) is 5.04.